The summed E-state index contributed by atoms with van der Waals surface area (Å²) in [5.74, 6) is 0. The quantitative estimate of drug-likeness (QED) is 0.892. The number of benzene rings is 1. The maximum Gasteiger partial charge on any atom is 0.222 e. The van der Waals surface area contributed by atoms with Crippen LogP contribution in [0.1, 0.15) is 37.7 Å². The molecule has 0 unspecified atom stereocenters. The van der Waals surface area contributed by atoms with Gasteiger partial charge in [-0.25, -0.2) is 8.42 Å². The number of fused-ring (bicyclic) bond motifs is 1. The second kappa shape index (κ2) is 4.43. The third-order valence-electron chi connectivity index (χ3n) is 3.74. The molecule has 0 radical (unpaired) electrons. The number of rotatable bonds is 2. The maximum atomic E-state index is 12.3. The highest BCUT2D eigenvalue weighted by Crippen LogP contribution is 2.32. The van der Waals surface area contributed by atoms with Gasteiger partial charge in [0, 0.05) is 6.04 Å². The van der Waals surface area contributed by atoms with Crippen LogP contribution in [-0.4, -0.2) is 14.5 Å². The predicted molar refractivity (Wildman–Crippen MR) is 71.6 cm³/mol. The molecule has 3 rings (SSSR count). The van der Waals surface area contributed by atoms with Crippen LogP contribution in [0.25, 0.3) is 6.08 Å². The average molecular weight is 263 g/mol. The Morgan fingerprint density at radius 1 is 1.06 bits per heavy atom. The molecule has 2 aliphatic rings. The molecular weight excluding hydrogens is 246 g/mol. The second-order valence-corrected chi connectivity index (χ2v) is 6.92. The molecule has 96 valence electrons. The fraction of sp³-hybridized carbons (Fsp3) is 0.429. The molecule has 1 aliphatic carbocycles. The van der Waals surface area contributed by atoms with Gasteiger partial charge < -0.3 is 5.32 Å². The lowest BCUT2D eigenvalue weighted by atomic mass is 9.96. The van der Waals surface area contributed by atoms with Crippen LogP contribution >= 0.6 is 0 Å². The van der Waals surface area contributed by atoms with Crippen LogP contribution in [0.2, 0.25) is 0 Å². The minimum Gasteiger partial charge on any atom is -0.373 e. The monoisotopic (exact) mass is 263 g/mol. The smallest absolute Gasteiger partial charge is 0.222 e. The van der Waals surface area contributed by atoms with Gasteiger partial charge in [0.15, 0.2) is 0 Å². The van der Waals surface area contributed by atoms with Crippen molar-refractivity contribution >= 4 is 15.9 Å². The van der Waals surface area contributed by atoms with Crippen molar-refractivity contribution in [2.45, 2.75) is 43.0 Å². The van der Waals surface area contributed by atoms with E-state index in [0.29, 0.717) is 16.0 Å². The van der Waals surface area contributed by atoms with Crippen molar-refractivity contribution < 1.29 is 8.42 Å². The van der Waals surface area contributed by atoms with E-state index < -0.39 is 9.84 Å². The van der Waals surface area contributed by atoms with Gasteiger partial charge in [-0.15, -0.1) is 0 Å². The molecule has 0 atom stereocenters. The third kappa shape index (κ3) is 1.94. The van der Waals surface area contributed by atoms with Gasteiger partial charge in [0.2, 0.25) is 9.84 Å². The highest BCUT2D eigenvalue weighted by molar-refractivity contribution is 7.95. The van der Waals surface area contributed by atoms with Crippen molar-refractivity contribution in [3.05, 3.63) is 34.9 Å². The number of sulfone groups is 1. The summed E-state index contributed by atoms with van der Waals surface area (Å²) in [5.41, 5.74) is 0.802. The molecule has 1 heterocycles. The summed E-state index contributed by atoms with van der Waals surface area (Å²) in [7, 11) is -3.30. The molecule has 1 aromatic carbocycles. The van der Waals surface area contributed by atoms with Crippen molar-refractivity contribution in [3.63, 3.8) is 0 Å². The molecule has 0 spiro atoms. The molecule has 1 aliphatic heterocycles. The van der Waals surface area contributed by atoms with E-state index in [1.807, 2.05) is 12.1 Å². The molecule has 4 heteroatoms. The minimum atomic E-state index is -3.30. The largest absolute Gasteiger partial charge is 0.373 e. The Balaban J connectivity index is 1.86. The lowest BCUT2D eigenvalue weighted by Crippen LogP contribution is -2.32. The Morgan fingerprint density at radius 2 is 1.78 bits per heavy atom. The van der Waals surface area contributed by atoms with Gasteiger partial charge in [-0.2, -0.15) is 0 Å². The van der Waals surface area contributed by atoms with Crippen LogP contribution in [0, 0.1) is 0 Å². The molecular formula is C14H17NO2S. The summed E-state index contributed by atoms with van der Waals surface area (Å²) in [5, 5.41) is 3.61. The number of nitrogens with one attached hydrogen (secondary N) is 1. The normalized spacial score (nSPS) is 22.3. The molecule has 0 amide bonds. The fourth-order valence-corrected chi connectivity index (χ4v) is 4.28. The van der Waals surface area contributed by atoms with E-state index in [9.17, 15) is 8.42 Å². The van der Waals surface area contributed by atoms with Gasteiger partial charge in [0.05, 0.1) is 4.90 Å². The molecule has 0 bridgehead atoms. The standard InChI is InChI=1S/C14H17NO2S/c16-18(17)13-9-5-4-6-11(13)10-14(18)15-12-7-2-1-3-8-12/h4-6,9-10,12,15H,1-3,7-8H2. The van der Waals surface area contributed by atoms with Crippen LogP contribution in [-0.2, 0) is 9.84 Å². The summed E-state index contributed by atoms with van der Waals surface area (Å²) in [4.78, 5) is 0.434. The first kappa shape index (κ1) is 11.8. The Morgan fingerprint density at radius 3 is 2.50 bits per heavy atom. The zero-order chi connectivity index (χ0) is 12.6. The van der Waals surface area contributed by atoms with Crippen molar-refractivity contribution in [2.75, 3.05) is 0 Å². The van der Waals surface area contributed by atoms with Gasteiger partial charge in [-0.05, 0) is 30.5 Å². The molecule has 1 aromatic rings. The van der Waals surface area contributed by atoms with Gasteiger partial charge in [-0.1, -0.05) is 37.5 Å². The third-order valence-corrected chi connectivity index (χ3v) is 5.50. The van der Waals surface area contributed by atoms with Crippen molar-refractivity contribution in [2.24, 2.45) is 0 Å². The molecule has 3 nitrogen and oxygen atoms in total. The first-order valence-electron chi connectivity index (χ1n) is 6.50. The first-order chi connectivity index (χ1) is 8.68. The van der Waals surface area contributed by atoms with E-state index in [1.165, 1.54) is 19.3 Å². The fourth-order valence-electron chi connectivity index (χ4n) is 2.75. The number of hydrogen-bond acceptors (Lipinski definition) is 3. The van der Waals surface area contributed by atoms with Gasteiger partial charge >= 0.3 is 0 Å². The van der Waals surface area contributed by atoms with Crippen LogP contribution < -0.4 is 5.32 Å². The van der Waals surface area contributed by atoms with Crippen LogP contribution in [0.4, 0.5) is 0 Å². The predicted octanol–water partition coefficient (Wildman–Crippen LogP) is 2.69. The summed E-state index contributed by atoms with van der Waals surface area (Å²) < 4.78 is 24.7. The molecule has 18 heavy (non-hydrogen) atoms. The molecule has 0 aromatic heterocycles. The van der Waals surface area contributed by atoms with Crippen molar-refractivity contribution in [3.8, 4) is 0 Å². The second-order valence-electron chi connectivity index (χ2n) is 5.03. The summed E-state index contributed by atoms with van der Waals surface area (Å²) in [6.45, 7) is 0. The Kier molecular flexibility index (Phi) is 2.90. The minimum absolute atomic E-state index is 0.314. The number of hydrogen-bond donors (Lipinski definition) is 1. The van der Waals surface area contributed by atoms with Crippen molar-refractivity contribution in [1.29, 1.82) is 0 Å². The van der Waals surface area contributed by atoms with Crippen LogP contribution in [0.15, 0.2) is 34.2 Å². The molecule has 1 fully saturated rings. The van der Waals surface area contributed by atoms with E-state index >= 15 is 0 Å². The van der Waals surface area contributed by atoms with Crippen LogP contribution in [0.5, 0.6) is 0 Å². The summed E-state index contributed by atoms with van der Waals surface area (Å²) in [6.07, 6.45) is 7.56. The highest BCUT2D eigenvalue weighted by Gasteiger charge is 2.30. The summed E-state index contributed by atoms with van der Waals surface area (Å²) >= 11 is 0. The topological polar surface area (TPSA) is 46.2 Å². The average Bonchev–Trinajstić information content (AvgIpc) is 2.63. The van der Waals surface area contributed by atoms with E-state index in [0.717, 1.165) is 18.4 Å². The lowest BCUT2D eigenvalue weighted by molar-refractivity contribution is 0.401. The molecule has 1 N–H and O–H groups in total. The zero-order valence-corrected chi connectivity index (χ0v) is 11.0. The summed E-state index contributed by atoms with van der Waals surface area (Å²) in [6, 6.07) is 7.48. The van der Waals surface area contributed by atoms with E-state index in [2.05, 4.69) is 5.32 Å². The molecule has 0 saturated heterocycles. The van der Waals surface area contributed by atoms with E-state index in [-0.39, 0.29) is 0 Å². The van der Waals surface area contributed by atoms with Gasteiger partial charge in [0.1, 0.15) is 5.03 Å². The highest BCUT2D eigenvalue weighted by atomic mass is 32.2. The van der Waals surface area contributed by atoms with E-state index in [4.69, 9.17) is 0 Å². The SMILES string of the molecule is O=S1(=O)C(NC2CCCCC2)=Cc2ccccc21. The van der Waals surface area contributed by atoms with Crippen molar-refractivity contribution in [1.82, 2.24) is 5.32 Å². The van der Waals surface area contributed by atoms with Gasteiger partial charge in [-0.3, -0.25) is 0 Å². The zero-order valence-electron chi connectivity index (χ0n) is 10.2. The Bertz CT molecular complexity index is 584. The Labute approximate surface area is 108 Å². The maximum absolute atomic E-state index is 12.3. The van der Waals surface area contributed by atoms with E-state index in [1.54, 1.807) is 18.2 Å². The lowest BCUT2D eigenvalue weighted by Gasteiger charge is -2.24. The molecule has 1 saturated carbocycles. The van der Waals surface area contributed by atoms with Crippen LogP contribution in [0.3, 0.4) is 0 Å². The Hall–Kier alpha value is -1.29. The first-order valence-corrected chi connectivity index (χ1v) is 7.98. The van der Waals surface area contributed by atoms with Gasteiger partial charge in [0.25, 0.3) is 0 Å².